The molecule has 1 amide bonds. The van der Waals surface area contributed by atoms with E-state index in [1.54, 1.807) is 6.92 Å². The van der Waals surface area contributed by atoms with Crippen molar-refractivity contribution in [2.24, 2.45) is 5.11 Å². The monoisotopic (exact) mass is 352 g/mol. The largest absolute Gasteiger partial charge is 0.352 e. The van der Waals surface area contributed by atoms with Gasteiger partial charge in [-0.2, -0.15) is 0 Å². The molecule has 2 heterocycles. The maximum absolute atomic E-state index is 12.2. The minimum atomic E-state index is -0.352. The van der Waals surface area contributed by atoms with E-state index in [2.05, 4.69) is 25.6 Å². The van der Waals surface area contributed by atoms with Crippen molar-refractivity contribution in [2.45, 2.75) is 25.4 Å². The molecule has 1 aromatic rings. The van der Waals surface area contributed by atoms with Gasteiger partial charge in [0.15, 0.2) is 0 Å². The van der Waals surface area contributed by atoms with E-state index >= 15 is 0 Å². The normalized spacial score (nSPS) is 21.1. The summed E-state index contributed by atoms with van der Waals surface area (Å²) in [6.07, 6.45) is 0.681. The fourth-order valence-corrected chi connectivity index (χ4v) is 2.58. The number of aromatic amines is 1. The third kappa shape index (κ3) is 3.96. The summed E-state index contributed by atoms with van der Waals surface area (Å²) in [7, 11) is 0. The first-order valence-electron chi connectivity index (χ1n) is 6.14. The number of aromatic nitrogens is 1. The van der Waals surface area contributed by atoms with Gasteiger partial charge in [-0.05, 0) is 25.4 Å². The molecule has 1 fully saturated rings. The number of amides is 1. The predicted molar refractivity (Wildman–Crippen MR) is 84.5 cm³/mol. The summed E-state index contributed by atoms with van der Waals surface area (Å²) in [6.45, 7) is 3.02. The van der Waals surface area contributed by atoms with Crippen LogP contribution in [0.5, 0.6) is 0 Å². The number of rotatable bonds is 3. The Hall–Kier alpha value is -1.11. The Bertz CT molecular complexity index is 569. The standard InChI is InChI=1S/C11H14Cl2N6O.ClH/c1-5-8(12)9(13)10(16-5)11(20)17-6-2-3-15-4-7(6)18-19-14;/h6-7,15-16H,2-4H2,1H3,(H,17,20);1H. The van der Waals surface area contributed by atoms with Crippen molar-refractivity contribution in [1.82, 2.24) is 15.6 Å². The summed E-state index contributed by atoms with van der Waals surface area (Å²) in [4.78, 5) is 17.9. The van der Waals surface area contributed by atoms with Crippen LogP contribution in [-0.2, 0) is 0 Å². The van der Waals surface area contributed by atoms with Gasteiger partial charge in [0.2, 0.25) is 0 Å². The summed E-state index contributed by atoms with van der Waals surface area (Å²) in [6, 6.07) is -0.541. The molecular formula is C11H15Cl3N6O. The van der Waals surface area contributed by atoms with E-state index < -0.39 is 0 Å². The van der Waals surface area contributed by atoms with Crippen LogP contribution in [0.4, 0.5) is 0 Å². The second-order valence-corrected chi connectivity index (χ2v) is 5.35. The molecule has 0 bridgehead atoms. The molecular weight excluding hydrogens is 339 g/mol. The van der Waals surface area contributed by atoms with Crippen molar-refractivity contribution >= 4 is 41.5 Å². The number of aryl methyl sites for hydroxylation is 1. The van der Waals surface area contributed by atoms with Gasteiger partial charge >= 0.3 is 0 Å². The fourth-order valence-electron chi connectivity index (χ4n) is 2.17. The molecule has 1 aromatic heterocycles. The molecule has 1 aliphatic rings. The molecule has 0 aliphatic carbocycles. The zero-order chi connectivity index (χ0) is 14.7. The predicted octanol–water partition coefficient (Wildman–Crippen LogP) is 2.82. The van der Waals surface area contributed by atoms with Crippen LogP contribution in [0.15, 0.2) is 5.11 Å². The first kappa shape index (κ1) is 17.9. The number of hydrogen-bond donors (Lipinski definition) is 3. The molecule has 1 aliphatic heterocycles. The van der Waals surface area contributed by atoms with Crippen molar-refractivity contribution in [3.63, 3.8) is 0 Å². The molecule has 1 saturated heterocycles. The zero-order valence-electron chi connectivity index (χ0n) is 11.2. The lowest BCUT2D eigenvalue weighted by Crippen LogP contribution is -2.51. The summed E-state index contributed by atoms with van der Waals surface area (Å²) >= 11 is 11.9. The SMILES string of the molecule is Cc1[nH]c(C(=O)NC2CCNCC2N=[N+]=[N-])c(Cl)c1Cl.Cl. The summed E-state index contributed by atoms with van der Waals surface area (Å²) < 4.78 is 0. The molecule has 3 N–H and O–H groups in total. The third-order valence-corrected chi connectivity index (χ3v) is 4.19. The van der Waals surface area contributed by atoms with Crippen LogP contribution in [0.3, 0.4) is 0 Å². The minimum absolute atomic E-state index is 0. The third-order valence-electron chi connectivity index (χ3n) is 3.25. The molecule has 7 nitrogen and oxygen atoms in total. The Kier molecular flexibility index (Phi) is 6.64. The van der Waals surface area contributed by atoms with Gasteiger partial charge in [-0.15, -0.1) is 12.4 Å². The molecule has 2 rings (SSSR count). The van der Waals surface area contributed by atoms with E-state index in [4.69, 9.17) is 28.7 Å². The van der Waals surface area contributed by atoms with E-state index in [-0.39, 0.29) is 41.1 Å². The Balaban J connectivity index is 0.00000220. The number of H-pyrrole nitrogens is 1. The summed E-state index contributed by atoms with van der Waals surface area (Å²) in [5, 5.41) is 10.2. The van der Waals surface area contributed by atoms with Crippen LogP contribution in [0.1, 0.15) is 22.6 Å². The molecule has 21 heavy (non-hydrogen) atoms. The van der Waals surface area contributed by atoms with Gasteiger partial charge in [0.1, 0.15) is 5.69 Å². The number of piperidine rings is 1. The lowest BCUT2D eigenvalue weighted by molar-refractivity contribution is 0.0919. The van der Waals surface area contributed by atoms with Crippen LogP contribution in [-0.4, -0.2) is 36.1 Å². The number of halogens is 3. The average molecular weight is 354 g/mol. The van der Waals surface area contributed by atoms with Crippen molar-refractivity contribution in [1.29, 1.82) is 0 Å². The molecule has 10 heteroatoms. The van der Waals surface area contributed by atoms with Crippen LogP contribution < -0.4 is 10.6 Å². The van der Waals surface area contributed by atoms with E-state index in [9.17, 15) is 4.79 Å². The highest BCUT2D eigenvalue weighted by Gasteiger charge is 2.27. The second kappa shape index (κ2) is 7.77. The highest BCUT2D eigenvalue weighted by Crippen LogP contribution is 2.29. The fraction of sp³-hybridized carbons (Fsp3) is 0.545. The lowest BCUT2D eigenvalue weighted by atomic mass is 10.0. The van der Waals surface area contributed by atoms with Gasteiger partial charge in [0, 0.05) is 23.2 Å². The van der Waals surface area contributed by atoms with Crippen molar-refractivity contribution in [2.75, 3.05) is 13.1 Å². The first-order chi connectivity index (χ1) is 9.54. The van der Waals surface area contributed by atoms with Crippen molar-refractivity contribution in [3.05, 3.63) is 31.9 Å². The average Bonchev–Trinajstić information content (AvgIpc) is 2.69. The van der Waals surface area contributed by atoms with Crippen LogP contribution in [0.25, 0.3) is 10.4 Å². The van der Waals surface area contributed by atoms with Crippen LogP contribution in [0.2, 0.25) is 10.0 Å². The molecule has 0 saturated carbocycles. The number of nitrogens with zero attached hydrogens (tertiary/aromatic N) is 3. The smallest absolute Gasteiger partial charge is 0.269 e. The maximum Gasteiger partial charge on any atom is 0.269 e. The number of carbonyl (C=O) groups is 1. The van der Waals surface area contributed by atoms with Gasteiger partial charge in [-0.25, -0.2) is 0 Å². The lowest BCUT2D eigenvalue weighted by Gasteiger charge is -2.29. The molecule has 0 spiro atoms. The quantitative estimate of drug-likeness (QED) is 0.441. The van der Waals surface area contributed by atoms with Crippen molar-refractivity contribution in [3.8, 4) is 0 Å². The topological polar surface area (TPSA) is 106 Å². The molecule has 2 unspecified atom stereocenters. The van der Waals surface area contributed by atoms with Gasteiger partial charge in [0.25, 0.3) is 5.91 Å². The Morgan fingerprint density at radius 1 is 1.48 bits per heavy atom. The van der Waals surface area contributed by atoms with Crippen LogP contribution >= 0.6 is 35.6 Å². The summed E-state index contributed by atoms with van der Waals surface area (Å²) in [5.41, 5.74) is 9.41. The molecule has 0 radical (unpaired) electrons. The zero-order valence-corrected chi connectivity index (χ0v) is 13.5. The molecule has 0 aromatic carbocycles. The van der Waals surface area contributed by atoms with Crippen LogP contribution in [0, 0.1) is 6.92 Å². The van der Waals surface area contributed by atoms with Gasteiger partial charge in [-0.3, -0.25) is 4.79 Å². The number of azide groups is 1. The highest BCUT2D eigenvalue weighted by molar-refractivity contribution is 6.44. The van der Waals surface area contributed by atoms with Gasteiger partial charge in [-0.1, -0.05) is 28.3 Å². The minimum Gasteiger partial charge on any atom is -0.352 e. The van der Waals surface area contributed by atoms with E-state index in [0.717, 1.165) is 6.54 Å². The van der Waals surface area contributed by atoms with Crippen molar-refractivity contribution < 1.29 is 4.79 Å². The number of nitrogens with one attached hydrogen (secondary N) is 3. The highest BCUT2D eigenvalue weighted by atomic mass is 35.5. The second-order valence-electron chi connectivity index (χ2n) is 4.60. The maximum atomic E-state index is 12.2. The van der Waals surface area contributed by atoms with E-state index in [0.29, 0.717) is 23.7 Å². The first-order valence-corrected chi connectivity index (χ1v) is 6.89. The molecule has 116 valence electrons. The van der Waals surface area contributed by atoms with Gasteiger partial charge in [0.05, 0.1) is 16.1 Å². The Morgan fingerprint density at radius 2 is 2.19 bits per heavy atom. The number of carbonyl (C=O) groups excluding carboxylic acids is 1. The Labute approximate surface area is 137 Å². The van der Waals surface area contributed by atoms with E-state index in [1.807, 2.05) is 0 Å². The Morgan fingerprint density at radius 3 is 2.76 bits per heavy atom. The van der Waals surface area contributed by atoms with Gasteiger partial charge < -0.3 is 15.6 Å². The summed E-state index contributed by atoms with van der Waals surface area (Å²) in [5.74, 6) is -0.352. The number of hydrogen-bond acceptors (Lipinski definition) is 3. The molecule has 2 atom stereocenters. The van der Waals surface area contributed by atoms with E-state index in [1.165, 1.54) is 0 Å².